The van der Waals surface area contributed by atoms with Crippen molar-refractivity contribution in [3.05, 3.63) is 77.1 Å². The van der Waals surface area contributed by atoms with Gasteiger partial charge in [-0.2, -0.15) is 4.31 Å². The first-order valence-corrected chi connectivity index (χ1v) is 13.4. The minimum atomic E-state index is -3.79. The van der Waals surface area contributed by atoms with Gasteiger partial charge in [0.05, 0.1) is 30.2 Å². The van der Waals surface area contributed by atoms with E-state index in [-0.39, 0.29) is 49.2 Å². The maximum atomic E-state index is 13.6. The van der Waals surface area contributed by atoms with E-state index < -0.39 is 10.0 Å². The highest BCUT2D eigenvalue weighted by atomic mass is 32.2. The second-order valence-electron chi connectivity index (χ2n) is 9.12. The Bertz CT molecular complexity index is 1360. The second kappa shape index (κ2) is 9.92. The predicted octanol–water partition coefficient (Wildman–Crippen LogP) is 2.10. The normalized spacial score (nSPS) is 18.1. The van der Waals surface area contributed by atoms with E-state index in [1.807, 2.05) is 37.3 Å². The summed E-state index contributed by atoms with van der Waals surface area (Å²) in [6.45, 7) is 3.18. The number of rotatable bonds is 5. The predicted molar refractivity (Wildman–Crippen MR) is 130 cm³/mol. The summed E-state index contributed by atoms with van der Waals surface area (Å²) in [4.78, 5) is 25.3. The fourth-order valence-corrected chi connectivity index (χ4v) is 6.03. The highest BCUT2D eigenvalue weighted by Crippen LogP contribution is 2.25. The molecule has 0 saturated carbocycles. The van der Waals surface area contributed by atoms with Crippen molar-refractivity contribution in [3.8, 4) is 0 Å². The molecular weight excluding hydrogens is 480 g/mol. The van der Waals surface area contributed by atoms with E-state index in [0.29, 0.717) is 30.9 Å². The molecule has 1 fully saturated rings. The summed E-state index contributed by atoms with van der Waals surface area (Å²) < 4.78 is 30.3. The minimum Gasteiger partial charge on any atom is -0.273 e. The lowest BCUT2D eigenvalue weighted by Gasteiger charge is -2.30. The third-order valence-electron chi connectivity index (χ3n) is 6.54. The Morgan fingerprint density at radius 3 is 2.28 bits per heavy atom. The molecule has 0 aliphatic carbocycles. The summed E-state index contributed by atoms with van der Waals surface area (Å²) in [5, 5.41) is 11.6. The van der Waals surface area contributed by atoms with Gasteiger partial charge in [0.15, 0.2) is 0 Å². The third kappa shape index (κ3) is 4.81. The van der Waals surface area contributed by atoms with Crippen LogP contribution in [0.3, 0.4) is 0 Å². The Hall–Kier alpha value is -3.41. The van der Waals surface area contributed by atoms with Crippen LogP contribution in [-0.2, 0) is 39.2 Å². The zero-order valence-electron chi connectivity index (χ0n) is 20.1. The van der Waals surface area contributed by atoms with Gasteiger partial charge in [-0.15, -0.1) is 5.10 Å². The molecule has 1 saturated heterocycles. The number of hydrogen-bond donors (Lipinski definition) is 0. The molecule has 0 atom stereocenters. The summed E-state index contributed by atoms with van der Waals surface area (Å²) in [6, 6.07) is 16.5. The molecule has 1 aromatic heterocycles. The maximum Gasteiger partial charge on any atom is 0.244 e. The number of aromatic nitrogens is 3. The smallest absolute Gasteiger partial charge is 0.244 e. The number of carbonyl (C=O) groups excluding carboxylic acids is 2. The van der Waals surface area contributed by atoms with Crippen molar-refractivity contribution < 1.29 is 18.0 Å². The Morgan fingerprint density at radius 2 is 1.58 bits per heavy atom. The summed E-state index contributed by atoms with van der Waals surface area (Å²) in [5.41, 5.74) is 3.17. The number of carbonyl (C=O) groups is 2. The molecule has 0 radical (unpaired) electrons. The van der Waals surface area contributed by atoms with E-state index in [1.165, 1.54) is 9.31 Å². The fourth-order valence-electron chi connectivity index (χ4n) is 4.59. The Kier molecular flexibility index (Phi) is 6.69. The first-order valence-electron chi connectivity index (χ1n) is 12.0. The maximum absolute atomic E-state index is 13.6. The van der Waals surface area contributed by atoms with Crippen molar-refractivity contribution in [3.63, 3.8) is 0 Å². The van der Waals surface area contributed by atoms with Crippen LogP contribution in [0.5, 0.6) is 0 Å². The molecular formula is C25H28N6O4S. The summed E-state index contributed by atoms with van der Waals surface area (Å²) in [5.74, 6) is -0.487. The van der Waals surface area contributed by atoms with E-state index in [9.17, 15) is 18.0 Å². The minimum absolute atomic E-state index is 0.0517. The molecule has 2 aliphatic rings. The number of aryl methyl sites for hydroxylation is 1. The fraction of sp³-hybridized carbons (Fsp3) is 0.360. The first-order chi connectivity index (χ1) is 17.3. The van der Waals surface area contributed by atoms with Crippen molar-refractivity contribution in [2.45, 2.75) is 50.7 Å². The molecule has 0 unspecified atom stereocenters. The quantitative estimate of drug-likeness (QED) is 0.486. The third-order valence-corrected chi connectivity index (χ3v) is 8.40. The van der Waals surface area contributed by atoms with Crippen molar-refractivity contribution in [2.75, 3.05) is 13.1 Å². The molecule has 3 aromatic rings. The highest BCUT2D eigenvalue weighted by molar-refractivity contribution is 7.89. The number of nitrogens with zero attached hydrogens (tertiary/aromatic N) is 6. The van der Waals surface area contributed by atoms with Crippen LogP contribution in [0.2, 0.25) is 0 Å². The van der Waals surface area contributed by atoms with Crippen LogP contribution in [-0.4, -0.2) is 62.6 Å². The van der Waals surface area contributed by atoms with Crippen LogP contribution in [0.4, 0.5) is 0 Å². The Morgan fingerprint density at radius 1 is 0.889 bits per heavy atom. The van der Waals surface area contributed by atoms with Gasteiger partial charge in [-0.1, -0.05) is 53.2 Å². The van der Waals surface area contributed by atoms with Crippen LogP contribution < -0.4 is 0 Å². The summed E-state index contributed by atoms with van der Waals surface area (Å²) in [6.07, 6.45) is 0.799. The Balaban J connectivity index is 1.52. The van der Waals surface area contributed by atoms with Crippen LogP contribution in [0.25, 0.3) is 0 Å². The van der Waals surface area contributed by atoms with Gasteiger partial charge in [0.1, 0.15) is 5.69 Å². The van der Waals surface area contributed by atoms with Gasteiger partial charge in [0.25, 0.3) is 0 Å². The molecule has 2 aliphatic heterocycles. The van der Waals surface area contributed by atoms with Gasteiger partial charge < -0.3 is 0 Å². The van der Waals surface area contributed by atoms with E-state index in [4.69, 9.17) is 0 Å². The largest absolute Gasteiger partial charge is 0.273 e. The van der Waals surface area contributed by atoms with Crippen molar-refractivity contribution in [1.82, 2.24) is 29.3 Å². The standard InChI is InChI=1S/C25H28N6O4S/c1-19-8-10-21(11-9-19)36(34,35)29-15-5-14-28(31-24(32)12-13-25(31)33)18-23-22(17-29)26-27-30(23)16-20-6-3-2-4-7-20/h2-4,6-11H,5,12-18H2,1H3. The van der Waals surface area contributed by atoms with Gasteiger partial charge in [-0.05, 0) is 31.0 Å². The molecule has 11 heteroatoms. The second-order valence-corrected chi connectivity index (χ2v) is 11.1. The van der Waals surface area contributed by atoms with Gasteiger partial charge in [-0.25, -0.2) is 23.1 Å². The van der Waals surface area contributed by atoms with Crippen LogP contribution >= 0.6 is 0 Å². The molecule has 2 aromatic carbocycles. The number of benzene rings is 2. The topological polar surface area (TPSA) is 109 Å². The van der Waals surface area contributed by atoms with E-state index in [2.05, 4.69) is 10.3 Å². The van der Waals surface area contributed by atoms with Crippen LogP contribution in [0.1, 0.15) is 41.8 Å². The molecule has 0 spiro atoms. The number of amides is 2. The van der Waals surface area contributed by atoms with Gasteiger partial charge >= 0.3 is 0 Å². The van der Waals surface area contributed by atoms with Crippen molar-refractivity contribution in [1.29, 1.82) is 0 Å². The average Bonchev–Trinajstić information content (AvgIpc) is 3.41. The zero-order chi connectivity index (χ0) is 25.3. The molecule has 0 N–H and O–H groups in total. The van der Waals surface area contributed by atoms with Crippen LogP contribution in [0, 0.1) is 6.92 Å². The lowest BCUT2D eigenvalue weighted by molar-refractivity contribution is -0.158. The molecule has 10 nitrogen and oxygen atoms in total. The lowest BCUT2D eigenvalue weighted by atomic mass is 10.2. The molecule has 188 valence electrons. The van der Waals surface area contributed by atoms with Crippen LogP contribution in [0.15, 0.2) is 59.5 Å². The van der Waals surface area contributed by atoms with E-state index >= 15 is 0 Å². The monoisotopic (exact) mass is 508 g/mol. The molecule has 0 bridgehead atoms. The van der Waals surface area contributed by atoms with Gasteiger partial charge in [0.2, 0.25) is 21.8 Å². The van der Waals surface area contributed by atoms with Crippen molar-refractivity contribution >= 4 is 21.8 Å². The molecule has 3 heterocycles. The Labute approximate surface area is 210 Å². The lowest BCUT2D eigenvalue weighted by Crippen LogP contribution is -2.46. The number of hydrazine groups is 1. The molecule has 2 amide bonds. The van der Waals surface area contributed by atoms with Crippen molar-refractivity contribution in [2.24, 2.45) is 0 Å². The summed E-state index contributed by atoms with van der Waals surface area (Å²) in [7, 11) is -3.79. The number of hydrogen-bond acceptors (Lipinski definition) is 7. The van der Waals surface area contributed by atoms with Gasteiger partial charge in [0, 0.05) is 25.9 Å². The SMILES string of the molecule is Cc1ccc(S(=O)(=O)N2CCCN(N3C(=O)CCC3=O)Cc3c(nnn3Cc3ccccc3)C2)cc1. The van der Waals surface area contributed by atoms with E-state index in [0.717, 1.165) is 11.1 Å². The summed E-state index contributed by atoms with van der Waals surface area (Å²) >= 11 is 0. The average molecular weight is 509 g/mol. The first kappa shape index (κ1) is 24.3. The zero-order valence-corrected chi connectivity index (χ0v) is 20.9. The number of sulfonamides is 1. The number of imide groups is 1. The molecule has 5 rings (SSSR count). The molecule has 36 heavy (non-hydrogen) atoms. The highest BCUT2D eigenvalue weighted by Gasteiger charge is 2.36. The van der Waals surface area contributed by atoms with E-state index in [1.54, 1.807) is 34.0 Å². The number of fused-ring (bicyclic) bond motifs is 1. The van der Waals surface area contributed by atoms with Gasteiger partial charge in [-0.3, -0.25) is 9.59 Å².